The molecular weight excluding hydrogens is 156 g/mol. The Kier molecular flexibility index (Phi) is 2.36. The molecule has 1 heteroatoms. The fourth-order valence-electron chi connectivity index (χ4n) is 0.775. The predicted octanol–water partition coefficient (Wildman–Crippen LogP) is 2.96. The molecule has 0 N–H and O–H groups in total. The molecule has 0 amide bonds. The summed E-state index contributed by atoms with van der Waals surface area (Å²) in [6.45, 7) is 3.62. The van der Waals surface area contributed by atoms with Crippen LogP contribution in [0.25, 0.3) is 6.08 Å². The van der Waals surface area contributed by atoms with Crippen LogP contribution in [-0.4, -0.2) is 0 Å². The van der Waals surface area contributed by atoms with Crippen LogP contribution in [0.1, 0.15) is 11.1 Å². The van der Waals surface area contributed by atoms with Gasteiger partial charge in [0.1, 0.15) is 0 Å². The van der Waals surface area contributed by atoms with E-state index in [0.717, 1.165) is 11.1 Å². The lowest BCUT2D eigenvalue weighted by molar-refractivity contribution is 1.61. The van der Waals surface area contributed by atoms with Crippen LogP contribution in [0, 0.1) is 12.3 Å². The molecule has 0 bridgehead atoms. The van der Waals surface area contributed by atoms with E-state index in [9.17, 15) is 0 Å². The zero-order chi connectivity index (χ0) is 8.27. The highest BCUT2D eigenvalue weighted by Crippen LogP contribution is 2.17. The van der Waals surface area contributed by atoms with Gasteiger partial charge in [-0.3, -0.25) is 0 Å². The monoisotopic (exact) mass is 162 g/mol. The van der Waals surface area contributed by atoms with Crippen LogP contribution in [0.15, 0.2) is 24.8 Å². The van der Waals surface area contributed by atoms with Gasteiger partial charge in [-0.05, 0) is 17.7 Å². The quantitative estimate of drug-likeness (QED) is 0.557. The van der Waals surface area contributed by atoms with E-state index in [-0.39, 0.29) is 0 Å². The van der Waals surface area contributed by atoms with Gasteiger partial charge in [-0.15, -0.1) is 6.42 Å². The third kappa shape index (κ3) is 1.63. The average Bonchev–Trinajstić information content (AvgIpc) is 2.04. The van der Waals surface area contributed by atoms with E-state index in [0.29, 0.717) is 5.02 Å². The lowest BCUT2D eigenvalue weighted by Gasteiger charge is -1.96. The maximum Gasteiger partial charge on any atom is 0.0568 e. The summed E-state index contributed by atoms with van der Waals surface area (Å²) in [6, 6.07) is 5.48. The first-order chi connectivity index (χ1) is 5.27. The van der Waals surface area contributed by atoms with E-state index in [1.54, 1.807) is 18.2 Å². The number of rotatable bonds is 1. The van der Waals surface area contributed by atoms with Gasteiger partial charge in [0, 0.05) is 5.56 Å². The minimum atomic E-state index is 0.602. The average molecular weight is 163 g/mol. The fourth-order valence-corrected chi connectivity index (χ4v) is 1.02. The minimum Gasteiger partial charge on any atom is -0.115 e. The Bertz CT molecular complexity index is 318. The number of terminal acetylenes is 1. The van der Waals surface area contributed by atoms with Crippen molar-refractivity contribution in [3.05, 3.63) is 40.9 Å². The zero-order valence-electron chi connectivity index (χ0n) is 5.97. The van der Waals surface area contributed by atoms with Crippen molar-refractivity contribution >= 4 is 17.7 Å². The molecule has 0 saturated carbocycles. The highest BCUT2D eigenvalue weighted by Gasteiger charge is 1.95. The summed E-state index contributed by atoms with van der Waals surface area (Å²) in [5.41, 5.74) is 1.70. The van der Waals surface area contributed by atoms with Crippen LogP contribution in [0.5, 0.6) is 0 Å². The van der Waals surface area contributed by atoms with Crippen LogP contribution < -0.4 is 0 Å². The Morgan fingerprint density at radius 1 is 1.55 bits per heavy atom. The van der Waals surface area contributed by atoms with Gasteiger partial charge in [0.2, 0.25) is 0 Å². The molecule has 0 atom stereocenters. The van der Waals surface area contributed by atoms with Gasteiger partial charge in [0.05, 0.1) is 5.02 Å². The molecule has 0 nitrogen and oxygen atoms in total. The SMILES string of the molecule is C#Cc1ccc(C=C)cc1Cl. The molecule has 0 aliphatic carbocycles. The van der Waals surface area contributed by atoms with Gasteiger partial charge >= 0.3 is 0 Å². The molecular formula is C10H7Cl. The van der Waals surface area contributed by atoms with E-state index < -0.39 is 0 Å². The molecule has 0 spiro atoms. The second-order valence-corrected chi connectivity index (χ2v) is 2.49. The molecule has 54 valence electrons. The van der Waals surface area contributed by atoms with Gasteiger partial charge < -0.3 is 0 Å². The van der Waals surface area contributed by atoms with Gasteiger partial charge in [0.25, 0.3) is 0 Å². The van der Waals surface area contributed by atoms with Gasteiger partial charge in [-0.1, -0.05) is 36.2 Å². The van der Waals surface area contributed by atoms with E-state index in [1.165, 1.54) is 0 Å². The number of halogens is 1. The van der Waals surface area contributed by atoms with E-state index in [1.807, 2.05) is 6.07 Å². The molecule has 0 radical (unpaired) electrons. The summed E-state index contributed by atoms with van der Waals surface area (Å²) in [7, 11) is 0. The molecule has 0 saturated heterocycles. The number of hydrogen-bond acceptors (Lipinski definition) is 0. The smallest absolute Gasteiger partial charge is 0.0568 e. The maximum atomic E-state index is 5.82. The van der Waals surface area contributed by atoms with Crippen molar-refractivity contribution in [1.29, 1.82) is 0 Å². The van der Waals surface area contributed by atoms with Crippen molar-refractivity contribution in [2.24, 2.45) is 0 Å². The molecule has 0 aromatic heterocycles. The van der Waals surface area contributed by atoms with Crippen LogP contribution in [0.4, 0.5) is 0 Å². The van der Waals surface area contributed by atoms with Gasteiger partial charge in [-0.2, -0.15) is 0 Å². The third-order valence-electron chi connectivity index (χ3n) is 1.38. The molecule has 0 unspecified atom stereocenters. The first kappa shape index (κ1) is 7.91. The zero-order valence-corrected chi connectivity index (χ0v) is 6.73. The normalized spacial score (nSPS) is 8.73. The van der Waals surface area contributed by atoms with E-state index in [2.05, 4.69) is 12.5 Å². The van der Waals surface area contributed by atoms with Crippen LogP contribution in [0.2, 0.25) is 5.02 Å². The summed E-state index contributed by atoms with van der Waals surface area (Å²) < 4.78 is 0. The molecule has 0 fully saturated rings. The second-order valence-electron chi connectivity index (χ2n) is 2.09. The van der Waals surface area contributed by atoms with Gasteiger partial charge in [-0.25, -0.2) is 0 Å². The van der Waals surface area contributed by atoms with Crippen molar-refractivity contribution in [3.8, 4) is 12.3 Å². The van der Waals surface area contributed by atoms with Crippen LogP contribution in [0.3, 0.4) is 0 Å². The summed E-state index contributed by atoms with van der Waals surface area (Å²) in [4.78, 5) is 0. The summed E-state index contributed by atoms with van der Waals surface area (Å²) in [6.07, 6.45) is 6.91. The Labute approximate surface area is 71.5 Å². The molecule has 0 heterocycles. The summed E-state index contributed by atoms with van der Waals surface area (Å²) in [5, 5.41) is 0.602. The highest BCUT2D eigenvalue weighted by molar-refractivity contribution is 6.31. The summed E-state index contributed by atoms with van der Waals surface area (Å²) in [5.74, 6) is 2.48. The Hall–Kier alpha value is -1.19. The molecule has 11 heavy (non-hydrogen) atoms. The first-order valence-corrected chi connectivity index (χ1v) is 3.54. The minimum absolute atomic E-state index is 0.602. The van der Waals surface area contributed by atoms with Crippen molar-refractivity contribution in [2.45, 2.75) is 0 Å². The molecule has 0 aliphatic rings. The first-order valence-electron chi connectivity index (χ1n) is 3.16. The predicted molar refractivity (Wildman–Crippen MR) is 49.5 cm³/mol. The summed E-state index contributed by atoms with van der Waals surface area (Å²) >= 11 is 5.82. The molecule has 1 aromatic rings. The fraction of sp³-hybridized carbons (Fsp3) is 0. The maximum absolute atomic E-state index is 5.82. The second kappa shape index (κ2) is 3.27. The van der Waals surface area contributed by atoms with E-state index in [4.69, 9.17) is 18.0 Å². The van der Waals surface area contributed by atoms with E-state index >= 15 is 0 Å². The third-order valence-corrected chi connectivity index (χ3v) is 1.70. The lowest BCUT2D eigenvalue weighted by atomic mass is 10.1. The molecule has 1 rings (SSSR count). The van der Waals surface area contributed by atoms with Crippen molar-refractivity contribution < 1.29 is 0 Å². The molecule has 1 aromatic carbocycles. The van der Waals surface area contributed by atoms with Gasteiger partial charge in [0.15, 0.2) is 0 Å². The van der Waals surface area contributed by atoms with Crippen molar-refractivity contribution in [2.75, 3.05) is 0 Å². The largest absolute Gasteiger partial charge is 0.115 e. The van der Waals surface area contributed by atoms with Crippen LogP contribution in [-0.2, 0) is 0 Å². The lowest BCUT2D eigenvalue weighted by Crippen LogP contribution is -1.77. The number of benzene rings is 1. The van der Waals surface area contributed by atoms with Crippen LogP contribution >= 0.6 is 11.6 Å². The number of hydrogen-bond donors (Lipinski definition) is 0. The molecule has 0 aliphatic heterocycles. The topological polar surface area (TPSA) is 0 Å². The standard InChI is InChI=1S/C10H7Cl/c1-3-8-5-6-9(4-2)10(11)7-8/h2-3,5-7H,1H2. The Morgan fingerprint density at radius 2 is 2.27 bits per heavy atom. The van der Waals surface area contributed by atoms with Crippen molar-refractivity contribution in [3.63, 3.8) is 0 Å². The Morgan fingerprint density at radius 3 is 2.73 bits per heavy atom. The highest BCUT2D eigenvalue weighted by atomic mass is 35.5. The van der Waals surface area contributed by atoms with Crippen molar-refractivity contribution in [1.82, 2.24) is 0 Å². The Balaban J connectivity index is 3.22.